The number of carbonyl (C=O) groups is 1. The first-order valence-electron chi connectivity index (χ1n) is 6.42. The minimum absolute atomic E-state index is 0.102. The van der Waals surface area contributed by atoms with Gasteiger partial charge in [-0.3, -0.25) is 9.78 Å². The summed E-state index contributed by atoms with van der Waals surface area (Å²) in [6.45, 7) is 5.06. The van der Waals surface area contributed by atoms with E-state index in [1.165, 1.54) is 0 Å². The first kappa shape index (κ1) is 14.6. The molecule has 0 aromatic carbocycles. The van der Waals surface area contributed by atoms with Gasteiger partial charge in [-0.15, -0.1) is 0 Å². The molecular weight excluding hydrogens is 228 g/mol. The summed E-state index contributed by atoms with van der Waals surface area (Å²) in [5, 5.41) is 11.9. The van der Waals surface area contributed by atoms with E-state index >= 15 is 0 Å². The topological polar surface area (TPSA) is 62.2 Å². The van der Waals surface area contributed by atoms with Crippen molar-refractivity contribution in [2.75, 3.05) is 13.2 Å². The van der Waals surface area contributed by atoms with Crippen LogP contribution in [-0.4, -0.2) is 29.1 Å². The van der Waals surface area contributed by atoms with Crippen molar-refractivity contribution < 1.29 is 9.90 Å². The van der Waals surface area contributed by atoms with Gasteiger partial charge in [0.1, 0.15) is 0 Å². The molecule has 4 nitrogen and oxygen atoms in total. The number of hydrogen-bond donors (Lipinski definition) is 2. The molecule has 0 aliphatic rings. The maximum Gasteiger partial charge on any atom is 0.252 e. The van der Waals surface area contributed by atoms with E-state index in [-0.39, 0.29) is 12.5 Å². The third-order valence-corrected chi connectivity index (χ3v) is 2.82. The molecule has 0 aliphatic heterocycles. The number of pyridine rings is 1. The second-order valence-corrected chi connectivity index (χ2v) is 4.96. The molecule has 1 aromatic rings. The van der Waals surface area contributed by atoms with Gasteiger partial charge in [-0.1, -0.05) is 13.8 Å². The monoisotopic (exact) mass is 250 g/mol. The molecule has 1 atom stereocenters. The highest BCUT2D eigenvalue weighted by atomic mass is 16.3. The number of hydrogen-bond acceptors (Lipinski definition) is 3. The SMILES string of the molecule is CC(C)CC(CCO)CNC(=O)c1cccnc1. The first-order valence-corrected chi connectivity index (χ1v) is 6.42. The maximum absolute atomic E-state index is 11.8. The number of amides is 1. The largest absolute Gasteiger partial charge is 0.396 e. The standard InChI is InChI=1S/C14H22N2O2/c1-11(2)8-12(5-7-17)9-16-14(18)13-4-3-6-15-10-13/h3-4,6,10-12,17H,5,7-9H2,1-2H3,(H,16,18). The van der Waals surface area contributed by atoms with Gasteiger partial charge in [0.05, 0.1) is 5.56 Å². The van der Waals surface area contributed by atoms with Crippen LogP contribution >= 0.6 is 0 Å². The summed E-state index contributed by atoms with van der Waals surface area (Å²) in [5.74, 6) is 0.794. The number of nitrogens with zero attached hydrogens (tertiary/aromatic N) is 1. The van der Waals surface area contributed by atoms with Crippen LogP contribution in [0.2, 0.25) is 0 Å². The molecule has 0 saturated carbocycles. The Morgan fingerprint density at radius 1 is 1.50 bits per heavy atom. The van der Waals surface area contributed by atoms with Crippen LogP contribution in [0.4, 0.5) is 0 Å². The molecule has 1 amide bonds. The molecule has 2 N–H and O–H groups in total. The third kappa shape index (κ3) is 5.27. The molecule has 1 aromatic heterocycles. The first-order chi connectivity index (χ1) is 8.63. The Balaban J connectivity index is 2.44. The molecule has 0 spiro atoms. The van der Waals surface area contributed by atoms with Crippen LogP contribution in [-0.2, 0) is 0 Å². The van der Waals surface area contributed by atoms with E-state index in [2.05, 4.69) is 24.1 Å². The zero-order chi connectivity index (χ0) is 13.4. The predicted molar refractivity (Wildman–Crippen MR) is 71.2 cm³/mol. The number of carbonyl (C=O) groups excluding carboxylic acids is 1. The number of nitrogens with one attached hydrogen (secondary N) is 1. The quantitative estimate of drug-likeness (QED) is 0.776. The Hall–Kier alpha value is -1.42. The average Bonchev–Trinajstić information content (AvgIpc) is 2.36. The van der Waals surface area contributed by atoms with E-state index in [9.17, 15) is 4.79 Å². The summed E-state index contributed by atoms with van der Waals surface area (Å²) in [6.07, 6.45) is 4.93. The van der Waals surface area contributed by atoms with Crippen molar-refractivity contribution in [1.82, 2.24) is 10.3 Å². The van der Waals surface area contributed by atoms with Crippen LogP contribution in [0.15, 0.2) is 24.5 Å². The molecule has 1 heterocycles. The second-order valence-electron chi connectivity index (χ2n) is 4.96. The van der Waals surface area contributed by atoms with E-state index in [1.807, 2.05) is 0 Å². The number of aromatic nitrogens is 1. The zero-order valence-corrected chi connectivity index (χ0v) is 11.1. The molecule has 0 bridgehead atoms. The Morgan fingerprint density at radius 2 is 2.28 bits per heavy atom. The lowest BCUT2D eigenvalue weighted by Crippen LogP contribution is -2.30. The van der Waals surface area contributed by atoms with Crippen LogP contribution in [0.3, 0.4) is 0 Å². The van der Waals surface area contributed by atoms with Crippen molar-refractivity contribution in [3.05, 3.63) is 30.1 Å². The summed E-state index contributed by atoms with van der Waals surface area (Å²) in [5.41, 5.74) is 0.574. The molecule has 0 aliphatic carbocycles. The van der Waals surface area contributed by atoms with Gasteiger partial charge in [-0.05, 0) is 36.8 Å². The van der Waals surface area contributed by atoms with Crippen LogP contribution in [0.5, 0.6) is 0 Å². The highest BCUT2D eigenvalue weighted by molar-refractivity contribution is 5.93. The fraction of sp³-hybridized carbons (Fsp3) is 0.571. The number of aliphatic hydroxyl groups excluding tert-OH is 1. The van der Waals surface area contributed by atoms with Gasteiger partial charge in [0, 0.05) is 25.5 Å². The van der Waals surface area contributed by atoms with E-state index in [1.54, 1.807) is 24.5 Å². The van der Waals surface area contributed by atoms with Gasteiger partial charge in [-0.25, -0.2) is 0 Å². The molecule has 1 rings (SSSR count). The van der Waals surface area contributed by atoms with Crippen molar-refractivity contribution in [3.63, 3.8) is 0 Å². The number of aliphatic hydroxyl groups is 1. The van der Waals surface area contributed by atoms with Gasteiger partial charge >= 0.3 is 0 Å². The van der Waals surface area contributed by atoms with Gasteiger partial charge in [0.15, 0.2) is 0 Å². The van der Waals surface area contributed by atoms with E-state index in [4.69, 9.17) is 5.11 Å². The summed E-state index contributed by atoms with van der Waals surface area (Å²) >= 11 is 0. The minimum atomic E-state index is -0.102. The van der Waals surface area contributed by atoms with Crippen molar-refractivity contribution in [1.29, 1.82) is 0 Å². The van der Waals surface area contributed by atoms with Crippen molar-refractivity contribution in [2.45, 2.75) is 26.7 Å². The molecule has 0 radical (unpaired) electrons. The van der Waals surface area contributed by atoms with Gasteiger partial charge in [0.25, 0.3) is 5.91 Å². The minimum Gasteiger partial charge on any atom is -0.396 e. The lowest BCUT2D eigenvalue weighted by atomic mass is 9.94. The van der Waals surface area contributed by atoms with Gasteiger partial charge in [0.2, 0.25) is 0 Å². The van der Waals surface area contributed by atoms with E-state index in [0.29, 0.717) is 23.9 Å². The Morgan fingerprint density at radius 3 is 2.83 bits per heavy atom. The Kier molecular flexibility index (Phi) is 6.36. The number of rotatable bonds is 7. The normalized spacial score (nSPS) is 12.4. The molecule has 4 heteroatoms. The summed E-state index contributed by atoms with van der Waals surface area (Å²) in [7, 11) is 0. The molecule has 18 heavy (non-hydrogen) atoms. The summed E-state index contributed by atoms with van der Waals surface area (Å²) < 4.78 is 0. The molecule has 100 valence electrons. The van der Waals surface area contributed by atoms with Crippen LogP contribution in [0.1, 0.15) is 37.0 Å². The molecule has 0 fully saturated rings. The highest BCUT2D eigenvalue weighted by Gasteiger charge is 2.12. The summed E-state index contributed by atoms with van der Waals surface area (Å²) in [4.78, 5) is 15.7. The van der Waals surface area contributed by atoms with E-state index in [0.717, 1.165) is 12.8 Å². The maximum atomic E-state index is 11.8. The van der Waals surface area contributed by atoms with Crippen molar-refractivity contribution >= 4 is 5.91 Å². The lowest BCUT2D eigenvalue weighted by molar-refractivity contribution is 0.0941. The average molecular weight is 250 g/mol. The smallest absolute Gasteiger partial charge is 0.252 e. The van der Waals surface area contributed by atoms with Gasteiger partial charge in [-0.2, -0.15) is 0 Å². The lowest BCUT2D eigenvalue weighted by Gasteiger charge is -2.18. The molecule has 0 saturated heterocycles. The van der Waals surface area contributed by atoms with Crippen LogP contribution < -0.4 is 5.32 Å². The zero-order valence-electron chi connectivity index (χ0n) is 11.1. The predicted octanol–water partition coefficient (Wildman–Crippen LogP) is 1.86. The molecule has 1 unspecified atom stereocenters. The van der Waals surface area contributed by atoms with Crippen molar-refractivity contribution in [3.8, 4) is 0 Å². The highest BCUT2D eigenvalue weighted by Crippen LogP contribution is 2.14. The fourth-order valence-electron chi connectivity index (χ4n) is 1.99. The van der Waals surface area contributed by atoms with Crippen LogP contribution in [0.25, 0.3) is 0 Å². The van der Waals surface area contributed by atoms with Gasteiger partial charge < -0.3 is 10.4 Å². The Labute approximate surface area is 108 Å². The molecular formula is C14H22N2O2. The van der Waals surface area contributed by atoms with E-state index < -0.39 is 0 Å². The Bertz CT molecular complexity index is 352. The van der Waals surface area contributed by atoms with Crippen molar-refractivity contribution in [2.24, 2.45) is 11.8 Å². The van der Waals surface area contributed by atoms with Crippen LogP contribution in [0, 0.1) is 11.8 Å². The summed E-state index contributed by atoms with van der Waals surface area (Å²) in [6, 6.07) is 3.49. The third-order valence-electron chi connectivity index (χ3n) is 2.82. The second kappa shape index (κ2) is 7.82. The fourth-order valence-corrected chi connectivity index (χ4v) is 1.99.